The van der Waals surface area contributed by atoms with Crippen LogP contribution in [0.15, 0.2) is 35.9 Å². The van der Waals surface area contributed by atoms with Gasteiger partial charge in [-0.15, -0.1) is 0 Å². The average Bonchev–Trinajstić information content (AvgIpc) is 2.76. The second-order valence-corrected chi connectivity index (χ2v) is 6.00. The highest BCUT2D eigenvalue weighted by atomic mass is 16.6. The number of ether oxygens (including phenoxy) is 4. The Kier molecular flexibility index (Phi) is 6.03. The standard InChI is InChI=1S/C20H17N3O7/c1-27-14-4-3-12(17(8-14)28-2)7-13(11-21)20(24)22-15-9-18-19(30-6-5-29-18)10-16(15)23(25)26/h3-4,7-10H,5-6H2,1-2H3,(H,22,24). The van der Waals surface area contributed by atoms with E-state index in [0.717, 1.165) is 0 Å². The summed E-state index contributed by atoms with van der Waals surface area (Å²) in [5, 5.41) is 23.3. The summed E-state index contributed by atoms with van der Waals surface area (Å²) >= 11 is 0. The summed E-state index contributed by atoms with van der Waals surface area (Å²) in [6.07, 6.45) is 1.32. The quantitative estimate of drug-likeness (QED) is 0.332. The minimum absolute atomic E-state index is 0.114. The molecule has 0 saturated heterocycles. The van der Waals surface area contributed by atoms with Gasteiger partial charge in [0.1, 0.15) is 42.0 Å². The molecule has 10 heteroatoms. The zero-order chi connectivity index (χ0) is 21.7. The van der Waals surface area contributed by atoms with Gasteiger partial charge >= 0.3 is 0 Å². The van der Waals surface area contributed by atoms with E-state index in [1.807, 2.05) is 0 Å². The average molecular weight is 411 g/mol. The molecule has 0 fully saturated rings. The van der Waals surface area contributed by atoms with Crippen molar-refractivity contribution in [2.45, 2.75) is 0 Å². The molecule has 1 heterocycles. The molecule has 0 bridgehead atoms. The topological polar surface area (TPSA) is 133 Å². The van der Waals surface area contributed by atoms with Gasteiger partial charge < -0.3 is 24.3 Å². The van der Waals surface area contributed by atoms with Gasteiger partial charge in [0.2, 0.25) is 0 Å². The first kappa shape index (κ1) is 20.5. The third-order valence-corrected chi connectivity index (χ3v) is 4.21. The Morgan fingerprint density at radius 2 is 1.90 bits per heavy atom. The van der Waals surface area contributed by atoms with E-state index in [-0.39, 0.29) is 41.7 Å². The highest BCUT2D eigenvalue weighted by Gasteiger charge is 2.24. The van der Waals surface area contributed by atoms with Crippen LogP contribution in [-0.4, -0.2) is 38.3 Å². The third-order valence-electron chi connectivity index (χ3n) is 4.21. The Hall–Kier alpha value is -4.26. The van der Waals surface area contributed by atoms with Gasteiger partial charge in [0.15, 0.2) is 11.5 Å². The van der Waals surface area contributed by atoms with E-state index >= 15 is 0 Å². The van der Waals surface area contributed by atoms with Crippen molar-refractivity contribution < 1.29 is 28.7 Å². The number of rotatable bonds is 6. The SMILES string of the molecule is COc1ccc(C=C(C#N)C(=O)Nc2cc3c(cc2[N+](=O)[O-])OCCO3)c(OC)c1. The van der Waals surface area contributed by atoms with Crippen molar-refractivity contribution in [1.29, 1.82) is 5.26 Å². The number of anilines is 1. The molecule has 0 spiro atoms. The van der Waals surface area contributed by atoms with E-state index in [1.54, 1.807) is 24.3 Å². The first-order chi connectivity index (χ1) is 14.5. The zero-order valence-electron chi connectivity index (χ0n) is 16.1. The van der Waals surface area contributed by atoms with Gasteiger partial charge in [0.25, 0.3) is 11.6 Å². The molecule has 30 heavy (non-hydrogen) atoms. The molecule has 3 rings (SSSR count). The Morgan fingerprint density at radius 3 is 2.50 bits per heavy atom. The van der Waals surface area contributed by atoms with Crippen LogP contribution < -0.4 is 24.3 Å². The van der Waals surface area contributed by atoms with E-state index in [1.165, 1.54) is 32.4 Å². The highest BCUT2D eigenvalue weighted by molar-refractivity contribution is 6.10. The predicted octanol–water partition coefficient (Wildman–Crippen LogP) is 2.93. The van der Waals surface area contributed by atoms with Crippen LogP contribution in [0.5, 0.6) is 23.0 Å². The van der Waals surface area contributed by atoms with Gasteiger partial charge in [0, 0.05) is 17.7 Å². The minimum atomic E-state index is -0.824. The summed E-state index contributed by atoms with van der Waals surface area (Å²) in [6.45, 7) is 0.541. The molecule has 10 nitrogen and oxygen atoms in total. The van der Waals surface area contributed by atoms with Crippen LogP contribution in [0.25, 0.3) is 6.08 Å². The van der Waals surface area contributed by atoms with Crippen molar-refractivity contribution in [3.8, 4) is 29.1 Å². The number of benzene rings is 2. The summed E-state index contributed by atoms with van der Waals surface area (Å²) in [5.41, 5.74) is -0.312. The maximum absolute atomic E-state index is 12.7. The van der Waals surface area contributed by atoms with Crippen LogP contribution in [0.1, 0.15) is 5.56 Å². The van der Waals surface area contributed by atoms with Gasteiger partial charge in [-0.1, -0.05) is 0 Å². The summed E-state index contributed by atoms with van der Waals surface area (Å²) in [5.74, 6) is 0.584. The number of hydrogen-bond acceptors (Lipinski definition) is 8. The summed E-state index contributed by atoms with van der Waals surface area (Å²) in [7, 11) is 2.94. The molecule has 1 aliphatic rings. The Balaban J connectivity index is 1.94. The molecule has 0 saturated carbocycles. The smallest absolute Gasteiger partial charge is 0.296 e. The molecular weight excluding hydrogens is 394 g/mol. The number of nitro benzene ring substituents is 1. The number of hydrogen-bond donors (Lipinski definition) is 1. The molecule has 0 unspecified atom stereocenters. The second kappa shape index (κ2) is 8.83. The van der Waals surface area contributed by atoms with Gasteiger partial charge in [-0.2, -0.15) is 5.26 Å². The largest absolute Gasteiger partial charge is 0.497 e. The monoisotopic (exact) mass is 411 g/mol. The van der Waals surface area contributed by atoms with E-state index in [4.69, 9.17) is 18.9 Å². The lowest BCUT2D eigenvalue weighted by atomic mass is 10.1. The fraction of sp³-hybridized carbons (Fsp3) is 0.200. The van der Waals surface area contributed by atoms with Gasteiger partial charge in [0.05, 0.1) is 25.2 Å². The summed E-state index contributed by atoms with van der Waals surface area (Å²) in [6, 6.07) is 9.14. The summed E-state index contributed by atoms with van der Waals surface area (Å²) < 4.78 is 21.1. The van der Waals surface area contributed by atoms with Crippen LogP contribution in [0.2, 0.25) is 0 Å². The molecule has 2 aromatic rings. The number of methoxy groups -OCH3 is 2. The number of fused-ring (bicyclic) bond motifs is 1. The van der Waals surface area contributed by atoms with Crippen molar-refractivity contribution in [1.82, 2.24) is 0 Å². The number of nitrogens with zero attached hydrogens (tertiary/aromatic N) is 2. The lowest BCUT2D eigenvalue weighted by molar-refractivity contribution is -0.384. The van der Waals surface area contributed by atoms with Crippen LogP contribution in [0, 0.1) is 21.4 Å². The number of nitrogens with one attached hydrogen (secondary N) is 1. The van der Waals surface area contributed by atoms with Gasteiger partial charge in [-0.25, -0.2) is 0 Å². The maximum Gasteiger partial charge on any atom is 0.296 e. The Labute approximate surface area is 171 Å². The predicted molar refractivity (Wildman–Crippen MR) is 106 cm³/mol. The Bertz CT molecular complexity index is 1070. The third kappa shape index (κ3) is 4.25. The molecule has 1 aliphatic heterocycles. The molecule has 1 N–H and O–H groups in total. The van der Waals surface area contributed by atoms with E-state index in [9.17, 15) is 20.2 Å². The normalized spacial score (nSPS) is 12.5. The summed E-state index contributed by atoms with van der Waals surface area (Å²) in [4.78, 5) is 23.4. The molecule has 154 valence electrons. The number of carbonyl (C=O) groups is 1. The van der Waals surface area contributed by atoms with Crippen molar-refractivity contribution in [3.05, 3.63) is 51.6 Å². The maximum atomic E-state index is 12.7. The number of nitriles is 1. The van der Waals surface area contributed by atoms with Crippen LogP contribution in [-0.2, 0) is 4.79 Å². The van der Waals surface area contributed by atoms with Gasteiger partial charge in [-0.3, -0.25) is 14.9 Å². The number of carbonyl (C=O) groups excluding carboxylic acids is 1. The lowest BCUT2D eigenvalue weighted by Crippen LogP contribution is -2.18. The fourth-order valence-corrected chi connectivity index (χ4v) is 2.76. The first-order valence-electron chi connectivity index (χ1n) is 8.70. The van der Waals surface area contributed by atoms with Crippen LogP contribution >= 0.6 is 0 Å². The van der Waals surface area contributed by atoms with E-state index in [0.29, 0.717) is 17.1 Å². The van der Waals surface area contributed by atoms with E-state index in [2.05, 4.69) is 5.32 Å². The molecule has 2 aromatic carbocycles. The highest BCUT2D eigenvalue weighted by Crippen LogP contribution is 2.39. The van der Waals surface area contributed by atoms with Crippen LogP contribution in [0.3, 0.4) is 0 Å². The molecular formula is C20H17N3O7. The van der Waals surface area contributed by atoms with Crippen molar-refractivity contribution in [2.24, 2.45) is 0 Å². The number of amides is 1. The second-order valence-electron chi connectivity index (χ2n) is 6.00. The molecule has 0 radical (unpaired) electrons. The van der Waals surface area contributed by atoms with Crippen molar-refractivity contribution >= 4 is 23.4 Å². The van der Waals surface area contributed by atoms with E-state index < -0.39 is 10.8 Å². The molecule has 1 amide bonds. The first-order valence-corrected chi connectivity index (χ1v) is 8.70. The van der Waals surface area contributed by atoms with Crippen molar-refractivity contribution in [2.75, 3.05) is 32.8 Å². The number of nitro groups is 1. The minimum Gasteiger partial charge on any atom is -0.497 e. The van der Waals surface area contributed by atoms with Crippen LogP contribution in [0.4, 0.5) is 11.4 Å². The molecule has 0 aliphatic carbocycles. The van der Waals surface area contributed by atoms with Crippen molar-refractivity contribution in [3.63, 3.8) is 0 Å². The van der Waals surface area contributed by atoms with Gasteiger partial charge in [-0.05, 0) is 18.2 Å². The fourth-order valence-electron chi connectivity index (χ4n) is 2.76. The lowest BCUT2D eigenvalue weighted by Gasteiger charge is -2.19. The molecule has 0 aromatic heterocycles. The Morgan fingerprint density at radius 1 is 1.20 bits per heavy atom. The molecule has 0 atom stereocenters. The zero-order valence-corrected chi connectivity index (χ0v) is 16.1.